The molecule has 2 rings (SSSR count). The number of nitrogens with one attached hydrogen (secondary N) is 2. The zero-order valence-electron chi connectivity index (χ0n) is 15.9. The van der Waals surface area contributed by atoms with Crippen molar-refractivity contribution in [3.63, 3.8) is 0 Å². The minimum Gasteiger partial charge on any atom is -0.480 e. The van der Waals surface area contributed by atoms with Gasteiger partial charge in [-0.3, -0.25) is 19.7 Å². The molecule has 0 aromatic heterocycles. The van der Waals surface area contributed by atoms with E-state index in [1.165, 1.54) is 11.8 Å². The number of benzene rings is 1. The molecule has 0 aliphatic carbocycles. The van der Waals surface area contributed by atoms with Crippen molar-refractivity contribution in [2.45, 2.75) is 50.7 Å². The van der Waals surface area contributed by atoms with Crippen LogP contribution in [0.2, 0.25) is 0 Å². The third kappa shape index (κ3) is 6.67. The monoisotopic (exact) mass is 517 g/mol. The fourth-order valence-corrected chi connectivity index (χ4v) is 3.58. The quantitative estimate of drug-likeness (QED) is 0.365. The van der Waals surface area contributed by atoms with Crippen LogP contribution in [0.5, 0.6) is 0 Å². The molecule has 3 atom stereocenters. The maximum Gasteiger partial charge on any atom is 0.326 e. The number of aliphatic carboxylic acids is 2. The zero-order valence-corrected chi connectivity index (χ0v) is 18.1. The van der Waals surface area contributed by atoms with E-state index in [-0.39, 0.29) is 18.7 Å². The molecule has 9 nitrogen and oxygen atoms in total. The van der Waals surface area contributed by atoms with E-state index in [9.17, 15) is 29.4 Å². The van der Waals surface area contributed by atoms with Crippen LogP contribution in [0.25, 0.3) is 0 Å². The molecule has 10 heteroatoms. The summed E-state index contributed by atoms with van der Waals surface area (Å²) in [5.74, 6) is -3.03. The summed E-state index contributed by atoms with van der Waals surface area (Å²) in [5.41, 5.74) is 0.618. The Morgan fingerprint density at radius 1 is 1.21 bits per heavy atom. The first-order valence-electron chi connectivity index (χ1n) is 9.26. The number of carbonyl (C=O) groups excluding carboxylic acids is 2. The van der Waals surface area contributed by atoms with Crippen LogP contribution in [-0.2, 0) is 19.2 Å². The molecule has 1 aliphatic heterocycles. The van der Waals surface area contributed by atoms with E-state index < -0.39 is 36.0 Å². The number of carboxylic acids is 2. The number of rotatable bonds is 9. The molecule has 158 valence electrons. The fraction of sp³-hybridized carbons (Fsp3) is 0.474. The van der Waals surface area contributed by atoms with Gasteiger partial charge in [-0.05, 0) is 73.0 Å². The van der Waals surface area contributed by atoms with Gasteiger partial charge in [-0.15, -0.1) is 0 Å². The molecule has 0 bridgehead atoms. The zero-order chi connectivity index (χ0) is 21.6. The Labute approximate surface area is 182 Å². The number of hydrogen-bond donors (Lipinski definition) is 4. The lowest BCUT2D eigenvalue weighted by molar-refractivity contribution is -0.149. The minimum atomic E-state index is -1.18. The first-order valence-corrected chi connectivity index (χ1v) is 10.3. The van der Waals surface area contributed by atoms with Crippen LogP contribution in [0.15, 0.2) is 24.3 Å². The van der Waals surface area contributed by atoms with Crippen molar-refractivity contribution in [2.24, 2.45) is 0 Å². The van der Waals surface area contributed by atoms with Gasteiger partial charge in [-0.2, -0.15) is 0 Å². The maximum atomic E-state index is 12.6. The van der Waals surface area contributed by atoms with Crippen molar-refractivity contribution in [3.05, 3.63) is 27.8 Å². The molecule has 1 aromatic rings. The molecular weight excluding hydrogens is 493 g/mol. The van der Waals surface area contributed by atoms with Gasteiger partial charge in [-0.25, -0.2) is 4.79 Å². The summed E-state index contributed by atoms with van der Waals surface area (Å²) < 4.78 is 1.03. The molecule has 1 saturated heterocycles. The van der Waals surface area contributed by atoms with Crippen molar-refractivity contribution in [1.29, 1.82) is 0 Å². The van der Waals surface area contributed by atoms with Crippen molar-refractivity contribution in [3.8, 4) is 0 Å². The largest absolute Gasteiger partial charge is 0.480 e. The molecule has 1 aliphatic rings. The standard InChI is InChI=1S/C19H24IN3O6/c1-11(17(25)23-10-2-3-15(23)19(28)29)21-14(18(26)27)8-9-16(24)22-13-6-4-12(20)5-7-13/h4-7,11,14-15,21H,2-3,8-10H2,1H3,(H,22,24)(H,26,27)(H,28,29)/t11-,14?,15-/m0/s1. The number of nitrogens with zero attached hydrogens (tertiary/aromatic N) is 1. The molecule has 0 radical (unpaired) electrons. The minimum absolute atomic E-state index is 0.00842. The van der Waals surface area contributed by atoms with E-state index in [2.05, 4.69) is 33.2 Å². The van der Waals surface area contributed by atoms with E-state index in [1.54, 1.807) is 12.1 Å². The summed E-state index contributed by atoms with van der Waals surface area (Å²) in [6.45, 7) is 1.83. The second-order valence-corrected chi connectivity index (χ2v) is 8.15. The van der Waals surface area contributed by atoms with E-state index in [1.807, 2.05) is 12.1 Å². The number of amides is 2. The van der Waals surface area contributed by atoms with Gasteiger partial charge in [-0.1, -0.05) is 0 Å². The molecule has 1 aromatic carbocycles. The average Bonchev–Trinajstić information content (AvgIpc) is 3.16. The number of carboxylic acid groups (broad SMARTS) is 2. The summed E-state index contributed by atoms with van der Waals surface area (Å²) in [5, 5.41) is 24.1. The Balaban J connectivity index is 1.89. The van der Waals surface area contributed by atoms with Crippen molar-refractivity contribution >= 4 is 52.0 Å². The van der Waals surface area contributed by atoms with E-state index in [0.29, 0.717) is 25.1 Å². The van der Waals surface area contributed by atoms with Gasteiger partial charge in [0.1, 0.15) is 12.1 Å². The predicted molar refractivity (Wildman–Crippen MR) is 113 cm³/mol. The Hall–Kier alpha value is -2.21. The molecule has 1 unspecified atom stereocenters. The topological polar surface area (TPSA) is 136 Å². The van der Waals surface area contributed by atoms with Crippen molar-refractivity contribution in [1.82, 2.24) is 10.2 Å². The van der Waals surface area contributed by atoms with Gasteiger partial charge in [0.2, 0.25) is 11.8 Å². The molecule has 4 N–H and O–H groups in total. The Morgan fingerprint density at radius 3 is 2.45 bits per heavy atom. The van der Waals surface area contributed by atoms with Crippen LogP contribution in [0, 0.1) is 3.57 Å². The lowest BCUT2D eigenvalue weighted by atomic mass is 10.1. The lowest BCUT2D eigenvalue weighted by Crippen LogP contribution is -2.53. The highest BCUT2D eigenvalue weighted by atomic mass is 127. The van der Waals surface area contributed by atoms with Gasteiger partial charge in [0.15, 0.2) is 0 Å². The van der Waals surface area contributed by atoms with Crippen LogP contribution >= 0.6 is 22.6 Å². The predicted octanol–water partition coefficient (Wildman–Crippen LogP) is 1.52. The molecule has 1 fully saturated rings. The maximum absolute atomic E-state index is 12.6. The van der Waals surface area contributed by atoms with E-state index in [0.717, 1.165) is 3.57 Å². The number of anilines is 1. The normalized spacial score (nSPS) is 18.1. The van der Waals surface area contributed by atoms with E-state index >= 15 is 0 Å². The number of hydrogen-bond acceptors (Lipinski definition) is 5. The van der Waals surface area contributed by atoms with Crippen LogP contribution in [0.3, 0.4) is 0 Å². The van der Waals surface area contributed by atoms with Crippen molar-refractivity contribution < 1.29 is 29.4 Å². The van der Waals surface area contributed by atoms with Gasteiger partial charge in [0, 0.05) is 22.2 Å². The summed E-state index contributed by atoms with van der Waals surface area (Å²) in [7, 11) is 0. The second kappa shape index (κ2) is 10.5. The summed E-state index contributed by atoms with van der Waals surface area (Å²) in [6.07, 6.45) is 0.926. The summed E-state index contributed by atoms with van der Waals surface area (Å²) in [6, 6.07) is 4.32. The third-order valence-electron chi connectivity index (χ3n) is 4.73. The van der Waals surface area contributed by atoms with Crippen LogP contribution in [0.1, 0.15) is 32.6 Å². The fourth-order valence-electron chi connectivity index (χ4n) is 3.22. The molecule has 2 amide bonds. The van der Waals surface area contributed by atoms with Crippen LogP contribution in [0.4, 0.5) is 5.69 Å². The summed E-state index contributed by atoms with van der Waals surface area (Å²) in [4.78, 5) is 48.7. The SMILES string of the molecule is C[C@H](NC(CCC(=O)Nc1ccc(I)cc1)C(=O)O)C(=O)N1CCC[C@H]1C(=O)O. The first kappa shape index (κ1) is 23.1. The molecular formula is C19H24IN3O6. The number of likely N-dealkylation sites (tertiary alicyclic amines) is 1. The first-order chi connectivity index (χ1) is 13.7. The Bertz CT molecular complexity index is 770. The Morgan fingerprint density at radius 2 is 1.86 bits per heavy atom. The van der Waals surface area contributed by atoms with Gasteiger partial charge >= 0.3 is 11.9 Å². The van der Waals surface area contributed by atoms with Gasteiger partial charge in [0.25, 0.3) is 0 Å². The van der Waals surface area contributed by atoms with Crippen LogP contribution < -0.4 is 10.6 Å². The number of halogens is 1. The van der Waals surface area contributed by atoms with Crippen molar-refractivity contribution in [2.75, 3.05) is 11.9 Å². The highest BCUT2D eigenvalue weighted by Gasteiger charge is 2.36. The molecule has 0 spiro atoms. The second-order valence-electron chi connectivity index (χ2n) is 6.90. The number of carbonyl (C=O) groups is 4. The highest BCUT2D eigenvalue weighted by Crippen LogP contribution is 2.19. The smallest absolute Gasteiger partial charge is 0.326 e. The van der Waals surface area contributed by atoms with Gasteiger partial charge in [0.05, 0.1) is 6.04 Å². The average molecular weight is 517 g/mol. The molecule has 29 heavy (non-hydrogen) atoms. The highest BCUT2D eigenvalue weighted by molar-refractivity contribution is 14.1. The summed E-state index contributed by atoms with van der Waals surface area (Å²) >= 11 is 2.15. The van der Waals surface area contributed by atoms with E-state index in [4.69, 9.17) is 0 Å². The molecule has 1 heterocycles. The molecule has 0 saturated carbocycles. The Kier molecular flexibility index (Phi) is 8.38. The van der Waals surface area contributed by atoms with Gasteiger partial charge < -0.3 is 20.4 Å². The third-order valence-corrected chi connectivity index (χ3v) is 5.45. The lowest BCUT2D eigenvalue weighted by Gasteiger charge is -2.27. The van der Waals surface area contributed by atoms with Crippen LogP contribution in [-0.4, -0.2) is 63.5 Å².